The molecule has 21 heavy (non-hydrogen) atoms. The van der Waals surface area contributed by atoms with E-state index in [2.05, 4.69) is 47.1 Å². The predicted octanol–water partition coefficient (Wildman–Crippen LogP) is 4.50. The molecular formula is C18H14N2O. The molecule has 3 aromatic heterocycles. The van der Waals surface area contributed by atoms with E-state index in [0.717, 1.165) is 16.7 Å². The van der Waals surface area contributed by atoms with E-state index in [1.807, 2.05) is 18.4 Å². The van der Waals surface area contributed by atoms with E-state index in [9.17, 15) is 0 Å². The lowest BCUT2D eigenvalue weighted by Crippen LogP contribution is -1.82. The number of benzene rings is 1. The molecule has 3 nitrogen and oxygen atoms in total. The fourth-order valence-electron chi connectivity index (χ4n) is 2.82. The van der Waals surface area contributed by atoms with E-state index in [1.165, 1.54) is 16.5 Å². The topological polar surface area (TPSA) is 31.0 Å². The zero-order valence-corrected chi connectivity index (χ0v) is 11.7. The molecule has 0 fully saturated rings. The van der Waals surface area contributed by atoms with E-state index in [1.54, 1.807) is 18.7 Å². The zero-order chi connectivity index (χ0) is 14.2. The van der Waals surface area contributed by atoms with E-state index < -0.39 is 0 Å². The molecule has 3 heterocycles. The van der Waals surface area contributed by atoms with Gasteiger partial charge in [0.1, 0.15) is 0 Å². The maximum atomic E-state index is 5.48. The van der Waals surface area contributed by atoms with Gasteiger partial charge in [0.25, 0.3) is 0 Å². The molecule has 0 N–H and O–H groups in total. The first-order chi connectivity index (χ1) is 10.3. The molecule has 0 atom stereocenters. The van der Waals surface area contributed by atoms with Crippen molar-refractivity contribution in [2.45, 2.75) is 0 Å². The van der Waals surface area contributed by atoms with Crippen LogP contribution in [0.5, 0.6) is 0 Å². The summed E-state index contributed by atoms with van der Waals surface area (Å²) in [6, 6.07) is 12.4. The highest BCUT2D eigenvalue weighted by Crippen LogP contribution is 2.37. The van der Waals surface area contributed by atoms with Gasteiger partial charge in [-0.25, -0.2) is 0 Å². The molecule has 0 aliphatic carbocycles. The Hall–Kier alpha value is -2.81. The molecule has 1 aromatic carbocycles. The summed E-state index contributed by atoms with van der Waals surface area (Å²) in [5.41, 5.74) is 5.72. The minimum atomic E-state index is 1.09. The average Bonchev–Trinajstić information content (AvgIpc) is 3.13. The predicted molar refractivity (Wildman–Crippen MR) is 83.9 cm³/mol. The minimum absolute atomic E-state index is 1.09. The van der Waals surface area contributed by atoms with Crippen LogP contribution >= 0.6 is 0 Å². The van der Waals surface area contributed by atoms with Gasteiger partial charge in [-0.1, -0.05) is 18.2 Å². The van der Waals surface area contributed by atoms with E-state index in [0.29, 0.717) is 0 Å². The van der Waals surface area contributed by atoms with Crippen molar-refractivity contribution < 1.29 is 4.42 Å². The van der Waals surface area contributed by atoms with Crippen LogP contribution in [0.4, 0.5) is 0 Å². The van der Waals surface area contributed by atoms with Crippen molar-refractivity contribution >= 4 is 10.9 Å². The second-order valence-electron chi connectivity index (χ2n) is 5.11. The normalized spacial score (nSPS) is 11.1. The summed E-state index contributed by atoms with van der Waals surface area (Å²) < 4.78 is 7.63. The van der Waals surface area contributed by atoms with E-state index in [-0.39, 0.29) is 0 Å². The smallest absolute Gasteiger partial charge is 0.0988 e. The molecule has 4 rings (SSSR count). The summed E-state index contributed by atoms with van der Waals surface area (Å²) in [4.78, 5) is 4.08. The molecule has 0 bridgehead atoms. The van der Waals surface area contributed by atoms with Gasteiger partial charge >= 0.3 is 0 Å². The van der Waals surface area contributed by atoms with Crippen molar-refractivity contribution in [1.29, 1.82) is 0 Å². The van der Waals surface area contributed by atoms with Gasteiger partial charge < -0.3 is 8.98 Å². The maximum Gasteiger partial charge on any atom is 0.0988 e. The number of hydrogen-bond acceptors (Lipinski definition) is 2. The third kappa shape index (κ3) is 1.86. The Bertz CT molecular complexity index is 903. The molecule has 0 saturated carbocycles. The van der Waals surface area contributed by atoms with Gasteiger partial charge in [-0.2, -0.15) is 0 Å². The van der Waals surface area contributed by atoms with E-state index >= 15 is 0 Å². The van der Waals surface area contributed by atoms with Gasteiger partial charge in [0.05, 0.1) is 12.5 Å². The molecule has 0 saturated heterocycles. The monoisotopic (exact) mass is 274 g/mol. The molecule has 0 amide bonds. The van der Waals surface area contributed by atoms with Crippen molar-refractivity contribution in [1.82, 2.24) is 9.55 Å². The molecule has 102 valence electrons. The number of rotatable bonds is 2. The number of pyridine rings is 1. The average molecular weight is 274 g/mol. The maximum absolute atomic E-state index is 5.48. The third-order valence-corrected chi connectivity index (χ3v) is 3.84. The molecule has 0 unspecified atom stereocenters. The summed E-state index contributed by atoms with van der Waals surface area (Å²) in [5.74, 6) is 0. The first-order valence-electron chi connectivity index (χ1n) is 6.85. The van der Waals surface area contributed by atoms with Gasteiger partial charge in [-0.3, -0.25) is 4.98 Å². The number of para-hydroxylation sites is 1. The highest BCUT2D eigenvalue weighted by molar-refractivity contribution is 5.99. The van der Waals surface area contributed by atoms with Gasteiger partial charge in [0.15, 0.2) is 0 Å². The summed E-state index contributed by atoms with van der Waals surface area (Å²) in [6.45, 7) is 0. The molecule has 0 spiro atoms. The third-order valence-electron chi connectivity index (χ3n) is 3.84. The van der Waals surface area contributed by atoms with Crippen LogP contribution in [0.2, 0.25) is 0 Å². The van der Waals surface area contributed by atoms with Crippen LogP contribution in [0.15, 0.2) is 71.9 Å². The van der Waals surface area contributed by atoms with Crippen LogP contribution in [0.3, 0.4) is 0 Å². The number of aromatic nitrogens is 2. The van der Waals surface area contributed by atoms with Crippen LogP contribution in [0.1, 0.15) is 0 Å². The molecular weight excluding hydrogens is 260 g/mol. The number of fused-ring (bicyclic) bond motifs is 1. The molecule has 3 heteroatoms. The van der Waals surface area contributed by atoms with Gasteiger partial charge in [0, 0.05) is 53.2 Å². The van der Waals surface area contributed by atoms with Gasteiger partial charge in [0.2, 0.25) is 0 Å². The van der Waals surface area contributed by atoms with Gasteiger partial charge in [-0.15, -0.1) is 0 Å². The lowest BCUT2D eigenvalue weighted by atomic mass is 9.99. The number of aryl methyl sites for hydroxylation is 1. The van der Waals surface area contributed by atoms with Crippen molar-refractivity contribution in [3.05, 3.63) is 67.5 Å². The van der Waals surface area contributed by atoms with Crippen LogP contribution in [0, 0.1) is 0 Å². The Morgan fingerprint density at radius 3 is 2.52 bits per heavy atom. The molecule has 4 aromatic rings. The summed E-state index contributed by atoms with van der Waals surface area (Å²) in [5, 5.41) is 1.23. The largest absolute Gasteiger partial charge is 0.471 e. The molecule has 0 radical (unpaired) electrons. The number of hydrogen-bond donors (Lipinski definition) is 0. The van der Waals surface area contributed by atoms with Crippen molar-refractivity contribution in [2.24, 2.45) is 7.05 Å². The fourth-order valence-corrected chi connectivity index (χ4v) is 2.82. The Morgan fingerprint density at radius 1 is 0.905 bits per heavy atom. The van der Waals surface area contributed by atoms with E-state index in [4.69, 9.17) is 4.42 Å². The van der Waals surface area contributed by atoms with Crippen LogP contribution < -0.4 is 0 Å². The molecule has 0 aliphatic rings. The fraction of sp³-hybridized carbons (Fsp3) is 0.0556. The zero-order valence-electron chi connectivity index (χ0n) is 11.7. The highest BCUT2D eigenvalue weighted by Gasteiger charge is 2.14. The SMILES string of the molecule is Cn1cc(-c2cocc2-c2ccncc2)c2ccccc21. The Morgan fingerprint density at radius 2 is 1.67 bits per heavy atom. The second kappa shape index (κ2) is 4.63. The number of nitrogens with zero attached hydrogens (tertiary/aromatic N) is 2. The van der Waals surface area contributed by atoms with Crippen LogP contribution in [-0.4, -0.2) is 9.55 Å². The second-order valence-corrected chi connectivity index (χ2v) is 5.11. The first kappa shape index (κ1) is 12.0. The van der Waals surface area contributed by atoms with Crippen molar-refractivity contribution in [3.8, 4) is 22.3 Å². The Kier molecular flexibility index (Phi) is 2.64. The van der Waals surface area contributed by atoms with Crippen molar-refractivity contribution in [3.63, 3.8) is 0 Å². The lowest BCUT2D eigenvalue weighted by Gasteiger charge is -2.01. The molecule has 0 aliphatic heterocycles. The lowest BCUT2D eigenvalue weighted by molar-refractivity contribution is 0.569. The Labute approximate surface area is 122 Å². The summed E-state index contributed by atoms with van der Waals surface area (Å²) in [7, 11) is 2.07. The standard InChI is InChI=1S/C18H14N2O/c1-20-10-15(14-4-2-3-5-18(14)20)17-12-21-11-16(17)13-6-8-19-9-7-13/h2-12H,1H3. The van der Waals surface area contributed by atoms with Gasteiger partial charge in [-0.05, 0) is 23.8 Å². The summed E-state index contributed by atoms with van der Waals surface area (Å²) in [6.07, 6.45) is 9.37. The van der Waals surface area contributed by atoms with Crippen molar-refractivity contribution in [2.75, 3.05) is 0 Å². The minimum Gasteiger partial charge on any atom is -0.471 e. The Balaban J connectivity index is 1.97. The number of furan rings is 1. The van der Waals surface area contributed by atoms with Crippen LogP contribution in [-0.2, 0) is 7.05 Å². The quantitative estimate of drug-likeness (QED) is 0.539. The van der Waals surface area contributed by atoms with Crippen LogP contribution in [0.25, 0.3) is 33.2 Å². The summed E-state index contributed by atoms with van der Waals surface area (Å²) >= 11 is 0. The first-order valence-corrected chi connectivity index (χ1v) is 6.85. The highest BCUT2D eigenvalue weighted by atomic mass is 16.3.